The Morgan fingerprint density at radius 3 is 2.58 bits per heavy atom. The number of anilines is 1. The number of nitrogens with zero attached hydrogens (tertiary/aromatic N) is 2. The fourth-order valence-electron chi connectivity index (χ4n) is 2.23. The fraction of sp³-hybridized carbons (Fsp3) is 0.357. The average molecular weight is 259 g/mol. The van der Waals surface area contributed by atoms with Crippen molar-refractivity contribution in [2.75, 3.05) is 12.4 Å². The van der Waals surface area contributed by atoms with E-state index in [0.717, 1.165) is 16.8 Å². The van der Waals surface area contributed by atoms with Gasteiger partial charge < -0.3 is 5.32 Å². The third-order valence-corrected chi connectivity index (χ3v) is 3.30. The average Bonchev–Trinajstić information content (AvgIpc) is 2.37. The van der Waals surface area contributed by atoms with E-state index in [4.69, 9.17) is 0 Å². The summed E-state index contributed by atoms with van der Waals surface area (Å²) in [5.41, 5.74) is 2.51. The van der Waals surface area contributed by atoms with Crippen molar-refractivity contribution in [3.05, 3.63) is 39.4 Å². The zero-order valence-electron chi connectivity index (χ0n) is 11.5. The molecular formula is C14H17N3O2. The molecule has 2 rings (SSSR count). The van der Waals surface area contributed by atoms with Crippen LogP contribution in [0.5, 0.6) is 0 Å². The molecule has 1 aromatic carbocycles. The zero-order valence-corrected chi connectivity index (χ0v) is 11.5. The monoisotopic (exact) mass is 259 g/mol. The lowest BCUT2D eigenvalue weighted by Gasteiger charge is -2.13. The lowest BCUT2D eigenvalue weighted by Crippen LogP contribution is -2.02. The van der Waals surface area contributed by atoms with Gasteiger partial charge in [0.1, 0.15) is 5.82 Å². The van der Waals surface area contributed by atoms with Crippen molar-refractivity contribution < 1.29 is 4.92 Å². The number of benzene rings is 1. The number of rotatable bonds is 3. The molecule has 1 N–H and O–H groups in total. The normalized spacial score (nSPS) is 11.0. The van der Waals surface area contributed by atoms with Gasteiger partial charge in [0.25, 0.3) is 5.69 Å². The van der Waals surface area contributed by atoms with E-state index in [1.807, 2.05) is 7.05 Å². The van der Waals surface area contributed by atoms with E-state index in [1.165, 1.54) is 0 Å². The Bertz CT molecular complexity index is 651. The van der Waals surface area contributed by atoms with Crippen LogP contribution in [0.1, 0.15) is 30.9 Å². The summed E-state index contributed by atoms with van der Waals surface area (Å²) < 4.78 is 0. The summed E-state index contributed by atoms with van der Waals surface area (Å²) >= 11 is 0. The van der Waals surface area contributed by atoms with Crippen molar-refractivity contribution >= 4 is 22.4 Å². The van der Waals surface area contributed by atoms with Crippen LogP contribution >= 0.6 is 0 Å². The van der Waals surface area contributed by atoms with Gasteiger partial charge in [-0.15, -0.1) is 0 Å². The van der Waals surface area contributed by atoms with Gasteiger partial charge in [0.05, 0.1) is 16.0 Å². The zero-order chi connectivity index (χ0) is 14.2. The van der Waals surface area contributed by atoms with E-state index in [0.29, 0.717) is 17.0 Å². The number of nitro groups is 1. The van der Waals surface area contributed by atoms with Crippen molar-refractivity contribution in [3.63, 3.8) is 0 Å². The Kier molecular flexibility index (Phi) is 3.38. The van der Waals surface area contributed by atoms with Gasteiger partial charge in [0, 0.05) is 18.5 Å². The van der Waals surface area contributed by atoms with Gasteiger partial charge in [0.15, 0.2) is 0 Å². The summed E-state index contributed by atoms with van der Waals surface area (Å²) in [5, 5.41) is 15.0. The Hall–Kier alpha value is -2.17. The minimum Gasteiger partial charge on any atom is -0.373 e. The highest BCUT2D eigenvalue weighted by Gasteiger charge is 2.16. The molecule has 1 heterocycles. The molecule has 0 atom stereocenters. The molecule has 2 aromatic rings. The van der Waals surface area contributed by atoms with Crippen LogP contribution in [0, 0.1) is 17.0 Å². The Morgan fingerprint density at radius 1 is 1.37 bits per heavy atom. The van der Waals surface area contributed by atoms with Crippen molar-refractivity contribution in [1.29, 1.82) is 0 Å². The highest BCUT2D eigenvalue weighted by molar-refractivity contribution is 5.87. The first-order chi connectivity index (χ1) is 8.95. The molecular weight excluding hydrogens is 242 g/mol. The second-order valence-electron chi connectivity index (χ2n) is 4.87. The van der Waals surface area contributed by atoms with Crippen molar-refractivity contribution in [1.82, 2.24) is 4.98 Å². The van der Waals surface area contributed by atoms with E-state index in [-0.39, 0.29) is 10.6 Å². The predicted octanol–water partition coefficient (Wildman–Crippen LogP) is 3.62. The predicted molar refractivity (Wildman–Crippen MR) is 76.8 cm³/mol. The maximum absolute atomic E-state index is 11.0. The molecule has 0 saturated heterocycles. The first-order valence-electron chi connectivity index (χ1n) is 6.22. The molecule has 0 radical (unpaired) electrons. The van der Waals surface area contributed by atoms with Gasteiger partial charge in [-0.2, -0.15) is 0 Å². The van der Waals surface area contributed by atoms with Gasteiger partial charge in [0.2, 0.25) is 0 Å². The largest absolute Gasteiger partial charge is 0.373 e. The summed E-state index contributed by atoms with van der Waals surface area (Å²) in [4.78, 5) is 15.1. The molecule has 0 aliphatic heterocycles. The molecule has 0 fully saturated rings. The van der Waals surface area contributed by atoms with E-state index in [9.17, 15) is 10.1 Å². The second kappa shape index (κ2) is 4.84. The lowest BCUT2D eigenvalue weighted by molar-refractivity contribution is -0.385. The minimum absolute atomic E-state index is 0.111. The van der Waals surface area contributed by atoms with Crippen LogP contribution in [-0.2, 0) is 0 Å². The van der Waals surface area contributed by atoms with Crippen molar-refractivity contribution in [2.24, 2.45) is 0 Å². The fourth-order valence-corrected chi connectivity index (χ4v) is 2.23. The quantitative estimate of drug-likeness (QED) is 0.675. The van der Waals surface area contributed by atoms with Gasteiger partial charge in [-0.3, -0.25) is 10.1 Å². The van der Waals surface area contributed by atoms with E-state index < -0.39 is 0 Å². The molecule has 19 heavy (non-hydrogen) atoms. The standard InChI is InChI=1S/C14H17N3O2/c1-8(2)11-7-10-5-6-12(17(18)19)9(3)13(10)16-14(11)15-4/h5-8H,1-4H3,(H,15,16). The molecule has 5 nitrogen and oxygen atoms in total. The third kappa shape index (κ3) is 2.23. The molecule has 0 unspecified atom stereocenters. The Labute approximate surface area is 111 Å². The van der Waals surface area contributed by atoms with Gasteiger partial charge in [-0.25, -0.2) is 4.98 Å². The number of nitrogens with one attached hydrogen (secondary N) is 1. The SMILES string of the molecule is CNc1nc2c(C)c([N+](=O)[O-])ccc2cc1C(C)C. The summed E-state index contributed by atoms with van der Waals surface area (Å²) in [6, 6.07) is 5.36. The highest BCUT2D eigenvalue weighted by atomic mass is 16.6. The molecule has 0 saturated carbocycles. The van der Waals surface area contributed by atoms with E-state index in [2.05, 4.69) is 30.2 Å². The molecule has 0 spiro atoms. The maximum atomic E-state index is 11.0. The molecule has 5 heteroatoms. The topological polar surface area (TPSA) is 68.1 Å². The first kappa shape index (κ1) is 13.3. The Balaban J connectivity index is 2.78. The smallest absolute Gasteiger partial charge is 0.274 e. The number of aromatic nitrogens is 1. The van der Waals surface area contributed by atoms with Gasteiger partial charge in [-0.05, 0) is 30.5 Å². The van der Waals surface area contributed by atoms with Crippen LogP contribution in [0.4, 0.5) is 11.5 Å². The maximum Gasteiger partial charge on any atom is 0.274 e. The van der Waals surface area contributed by atoms with E-state index in [1.54, 1.807) is 19.1 Å². The molecule has 0 amide bonds. The number of aryl methyl sites for hydroxylation is 1. The summed E-state index contributed by atoms with van der Waals surface area (Å²) in [7, 11) is 1.81. The van der Waals surface area contributed by atoms with Crippen LogP contribution in [0.25, 0.3) is 10.9 Å². The number of hydrogen-bond donors (Lipinski definition) is 1. The van der Waals surface area contributed by atoms with Gasteiger partial charge in [-0.1, -0.05) is 13.8 Å². The summed E-state index contributed by atoms with van der Waals surface area (Å²) in [5.74, 6) is 1.13. The molecule has 100 valence electrons. The third-order valence-electron chi connectivity index (χ3n) is 3.30. The van der Waals surface area contributed by atoms with Crippen LogP contribution in [0.3, 0.4) is 0 Å². The van der Waals surface area contributed by atoms with Crippen LogP contribution < -0.4 is 5.32 Å². The van der Waals surface area contributed by atoms with Crippen molar-refractivity contribution in [2.45, 2.75) is 26.7 Å². The molecule has 0 aliphatic rings. The molecule has 1 aromatic heterocycles. The highest BCUT2D eigenvalue weighted by Crippen LogP contribution is 2.31. The number of fused-ring (bicyclic) bond motifs is 1. The van der Waals surface area contributed by atoms with Gasteiger partial charge >= 0.3 is 0 Å². The van der Waals surface area contributed by atoms with Crippen molar-refractivity contribution in [3.8, 4) is 0 Å². The minimum atomic E-state index is -0.369. The van der Waals surface area contributed by atoms with Crippen LogP contribution in [-0.4, -0.2) is 17.0 Å². The number of pyridine rings is 1. The number of hydrogen-bond acceptors (Lipinski definition) is 4. The summed E-state index contributed by atoms with van der Waals surface area (Å²) in [6.45, 7) is 5.94. The Morgan fingerprint density at radius 2 is 2.05 bits per heavy atom. The second-order valence-corrected chi connectivity index (χ2v) is 4.87. The van der Waals surface area contributed by atoms with Crippen LogP contribution in [0.2, 0.25) is 0 Å². The first-order valence-corrected chi connectivity index (χ1v) is 6.22. The lowest BCUT2D eigenvalue weighted by atomic mass is 10.00. The summed E-state index contributed by atoms with van der Waals surface area (Å²) in [6.07, 6.45) is 0. The molecule has 0 bridgehead atoms. The van der Waals surface area contributed by atoms with E-state index >= 15 is 0 Å². The van der Waals surface area contributed by atoms with Crippen LogP contribution in [0.15, 0.2) is 18.2 Å². The molecule has 0 aliphatic carbocycles. The number of nitro benzene ring substituents is 1.